The molecule has 0 radical (unpaired) electrons. The fourth-order valence-corrected chi connectivity index (χ4v) is 3.62. The number of carbonyl (C=O) groups is 1. The lowest BCUT2D eigenvalue weighted by Gasteiger charge is -2.13. The molecule has 7 heteroatoms. The zero-order chi connectivity index (χ0) is 18.6. The van der Waals surface area contributed by atoms with E-state index in [1.807, 2.05) is 16.8 Å². The molecule has 0 unspecified atom stereocenters. The smallest absolute Gasteiger partial charge is 0.275 e. The van der Waals surface area contributed by atoms with Crippen molar-refractivity contribution >= 4 is 28.3 Å². The largest absolute Gasteiger partial charge is 0.494 e. The van der Waals surface area contributed by atoms with Crippen LogP contribution >= 0.6 is 11.6 Å². The van der Waals surface area contributed by atoms with Crippen LogP contribution in [-0.4, -0.2) is 39.7 Å². The average molecular weight is 374 g/mol. The molecule has 1 N–H and O–H groups in total. The summed E-state index contributed by atoms with van der Waals surface area (Å²) in [5.74, 6) is 1.03. The highest BCUT2D eigenvalue weighted by molar-refractivity contribution is 6.36. The van der Waals surface area contributed by atoms with E-state index in [0.717, 1.165) is 5.39 Å². The van der Waals surface area contributed by atoms with Crippen molar-refractivity contribution in [3.8, 4) is 17.2 Å². The molecule has 2 heterocycles. The van der Waals surface area contributed by atoms with Crippen LogP contribution in [-0.2, 0) is 0 Å². The van der Waals surface area contributed by atoms with Gasteiger partial charge in [0.05, 0.1) is 10.4 Å². The Balaban J connectivity index is 1.76. The van der Waals surface area contributed by atoms with Crippen LogP contribution in [0, 0.1) is 5.92 Å². The van der Waals surface area contributed by atoms with E-state index < -0.39 is 0 Å². The molecule has 0 saturated heterocycles. The Labute approximate surface area is 155 Å². The summed E-state index contributed by atoms with van der Waals surface area (Å²) in [6.45, 7) is 2.11. The third-order valence-electron chi connectivity index (χ3n) is 5.03. The molecule has 1 aliphatic carbocycles. The second kappa shape index (κ2) is 6.06. The fourth-order valence-electron chi connectivity index (χ4n) is 3.31. The van der Waals surface area contributed by atoms with Crippen LogP contribution in [0.25, 0.3) is 22.1 Å². The number of amides is 1. The maximum atomic E-state index is 12.0. The van der Waals surface area contributed by atoms with Gasteiger partial charge >= 0.3 is 0 Å². The molecule has 1 aromatic carbocycles. The lowest BCUT2D eigenvalue weighted by molar-refractivity contribution is 0.0817. The topological polar surface area (TPSA) is 71.5 Å². The van der Waals surface area contributed by atoms with Gasteiger partial charge in [-0.1, -0.05) is 16.8 Å². The van der Waals surface area contributed by atoms with Gasteiger partial charge in [-0.15, -0.1) is 0 Å². The Hall–Kier alpha value is -2.47. The number of carbonyl (C=O) groups excluding carboxylic acids is 1. The number of benzene rings is 1. The molecule has 0 aliphatic heterocycles. The second-order valence-electron chi connectivity index (χ2n) is 7.14. The van der Waals surface area contributed by atoms with Crippen molar-refractivity contribution in [1.82, 2.24) is 14.6 Å². The molecule has 1 atom stereocenters. The van der Waals surface area contributed by atoms with Gasteiger partial charge in [-0.05, 0) is 37.8 Å². The maximum Gasteiger partial charge on any atom is 0.275 e. The third kappa shape index (κ3) is 2.74. The van der Waals surface area contributed by atoms with E-state index in [1.165, 1.54) is 17.7 Å². The van der Waals surface area contributed by atoms with E-state index in [4.69, 9.17) is 16.1 Å². The monoisotopic (exact) mass is 373 g/mol. The molecule has 0 spiro atoms. The first kappa shape index (κ1) is 17.0. The predicted octanol–water partition coefficient (Wildman–Crippen LogP) is 4.33. The molecule has 1 aliphatic rings. The Morgan fingerprint density at radius 1 is 1.38 bits per heavy atom. The minimum absolute atomic E-state index is 0.192. The van der Waals surface area contributed by atoms with Crippen molar-refractivity contribution in [2.75, 3.05) is 14.1 Å². The Kier molecular flexibility index (Phi) is 3.95. The zero-order valence-corrected chi connectivity index (χ0v) is 15.6. The summed E-state index contributed by atoms with van der Waals surface area (Å²) in [6, 6.07) is 5.45. The lowest BCUT2D eigenvalue weighted by Crippen LogP contribution is -2.21. The number of fused-ring (bicyclic) bond motifs is 1. The summed E-state index contributed by atoms with van der Waals surface area (Å²) < 4.78 is 7.22. The van der Waals surface area contributed by atoms with Crippen LogP contribution in [0.3, 0.4) is 0 Å². The normalized spacial score (nSPS) is 15.4. The molecule has 0 bridgehead atoms. The van der Waals surface area contributed by atoms with Gasteiger partial charge in [-0.3, -0.25) is 4.79 Å². The van der Waals surface area contributed by atoms with Gasteiger partial charge in [-0.2, -0.15) is 0 Å². The summed E-state index contributed by atoms with van der Waals surface area (Å²) in [6.07, 6.45) is 4.30. The van der Waals surface area contributed by atoms with Gasteiger partial charge in [0, 0.05) is 43.4 Å². The Morgan fingerprint density at radius 3 is 2.77 bits per heavy atom. The van der Waals surface area contributed by atoms with Crippen LogP contribution < -0.4 is 0 Å². The first-order valence-electron chi connectivity index (χ1n) is 8.58. The molecular formula is C19H20ClN3O3. The molecule has 3 aromatic rings. The average Bonchev–Trinajstić information content (AvgIpc) is 3.23. The first-order chi connectivity index (χ1) is 12.4. The van der Waals surface area contributed by atoms with E-state index in [1.54, 1.807) is 26.2 Å². The van der Waals surface area contributed by atoms with Crippen LogP contribution in [0.5, 0.6) is 5.88 Å². The molecule has 1 fully saturated rings. The van der Waals surface area contributed by atoms with Gasteiger partial charge < -0.3 is 19.1 Å². The van der Waals surface area contributed by atoms with Crippen molar-refractivity contribution in [3.05, 3.63) is 35.1 Å². The highest BCUT2D eigenvalue weighted by Gasteiger charge is 2.31. The maximum absolute atomic E-state index is 12.0. The molecule has 6 nitrogen and oxygen atoms in total. The minimum atomic E-state index is -0.228. The number of nitrogens with zero attached hydrogens (tertiary/aromatic N) is 3. The molecule has 26 heavy (non-hydrogen) atoms. The predicted molar refractivity (Wildman–Crippen MR) is 99.6 cm³/mol. The summed E-state index contributed by atoms with van der Waals surface area (Å²) in [4.78, 5) is 13.4. The van der Waals surface area contributed by atoms with Crippen LogP contribution in [0.2, 0.25) is 5.02 Å². The number of rotatable bonds is 4. The van der Waals surface area contributed by atoms with Gasteiger partial charge in [0.15, 0.2) is 11.5 Å². The highest BCUT2D eigenvalue weighted by atomic mass is 35.5. The van der Waals surface area contributed by atoms with Gasteiger partial charge in [0.1, 0.15) is 0 Å². The van der Waals surface area contributed by atoms with Crippen LogP contribution in [0.15, 0.2) is 28.9 Å². The van der Waals surface area contributed by atoms with Gasteiger partial charge in [-0.25, -0.2) is 0 Å². The number of aromatic nitrogens is 2. The zero-order valence-electron chi connectivity index (χ0n) is 14.9. The van der Waals surface area contributed by atoms with E-state index in [0.29, 0.717) is 27.7 Å². The molecule has 1 saturated carbocycles. The van der Waals surface area contributed by atoms with Crippen molar-refractivity contribution < 1.29 is 14.4 Å². The fraction of sp³-hybridized carbons (Fsp3) is 0.368. The Bertz CT molecular complexity index is 1000. The van der Waals surface area contributed by atoms with E-state index in [2.05, 4.69) is 12.1 Å². The van der Waals surface area contributed by atoms with Crippen molar-refractivity contribution in [1.29, 1.82) is 0 Å². The molecule has 136 valence electrons. The summed E-state index contributed by atoms with van der Waals surface area (Å²) >= 11 is 6.44. The standard InChI is InChI=1S/C19H20ClN3O3/c1-10(11-4-5-11)23-9-13-6-12(7-14(20)17(13)19(23)25)16-8-15(21-26-16)18(24)22(2)3/h6-11,25H,4-5H2,1-3H3/t10-/m0/s1. The van der Waals surface area contributed by atoms with Crippen molar-refractivity contribution in [2.24, 2.45) is 5.92 Å². The first-order valence-corrected chi connectivity index (χ1v) is 8.96. The minimum Gasteiger partial charge on any atom is -0.494 e. The highest BCUT2D eigenvalue weighted by Crippen LogP contribution is 2.45. The number of hydrogen-bond donors (Lipinski definition) is 1. The number of halogens is 1. The molecule has 4 rings (SSSR count). The summed E-state index contributed by atoms with van der Waals surface area (Å²) in [7, 11) is 3.32. The van der Waals surface area contributed by atoms with Crippen LogP contribution in [0.4, 0.5) is 0 Å². The quantitative estimate of drug-likeness (QED) is 0.738. The van der Waals surface area contributed by atoms with E-state index >= 15 is 0 Å². The van der Waals surface area contributed by atoms with E-state index in [-0.39, 0.29) is 23.5 Å². The molecule has 1 amide bonds. The Morgan fingerprint density at radius 2 is 2.12 bits per heavy atom. The van der Waals surface area contributed by atoms with E-state index in [9.17, 15) is 9.90 Å². The van der Waals surface area contributed by atoms with Crippen molar-refractivity contribution in [2.45, 2.75) is 25.8 Å². The molecular weight excluding hydrogens is 354 g/mol. The number of hydrogen-bond acceptors (Lipinski definition) is 4. The third-order valence-corrected chi connectivity index (χ3v) is 5.33. The van der Waals surface area contributed by atoms with Crippen LogP contribution in [0.1, 0.15) is 36.3 Å². The molecule has 2 aromatic heterocycles. The number of aromatic hydroxyl groups is 1. The van der Waals surface area contributed by atoms with Gasteiger partial charge in [0.2, 0.25) is 5.88 Å². The van der Waals surface area contributed by atoms with Crippen molar-refractivity contribution in [3.63, 3.8) is 0 Å². The summed E-state index contributed by atoms with van der Waals surface area (Å²) in [5, 5.41) is 16.3. The van der Waals surface area contributed by atoms with Gasteiger partial charge in [0.25, 0.3) is 5.91 Å². The second-order valence-corrected chi connectivity index (χ2v) is 7.54. The lowest BCUT2D eigenvalue weighted by atomic mass is 10.1. The summed E-state index contributed by atoms with van der Waals surface area (Å²) in [5.41, 5.74) is 0.952. The SMILES string of the molecule is C[C@@H](C1CC1)n1cc2cc(-c3cc(C(=O)N(C)C)no3)cc(Cl)c2c1O.